The lowest BCUT2D eigenvalue weighted by Gasteiger charge is -2.23. The SMILES string of the molecule is CCCN(CCC)c1cc(Cl)nc(-c2ccccc2)n1. The van der Waals surface area contributed by atoms with Crippen LogP contribution in [0.4, 0.5) is 5.82 Å². The first kappa shape index (κ1) is 14.8. The fourth-order valence-corrected chi connectivity index (χ4v) is 2.34. The molecule has 4 heteroatoms. The largest absolute Gasteiger partial charge is 0.356 e. The molecule has 0 N–H and O–H groups in total. The molecule has 0 fully saturated rings. The number of hydrogen-bond donors (Lipinski definition) is 0. The Kier molecular flexibility index (Phi) is 5.36. The molecule has 1 heterocycles. The highest BCUT2D eigenvalue weighted by Gasteiger charge is 2.11. The van der Waals surface area contributed by atoms with Gasteiger partial charge in [0.1, 0.15) is 11.0 Å². The molecular weight excluding hydrogens is 270 g/mol. The molecule has 2 rings (SSSR count). The lowest BCUT2D eigenvalue weighted by molar-refractivity contribution is 0.733. The van der Waals surface area contributed by atoms with Crippen LogP contribution < -0.4 is 4.90 Å². The lowest BCUT2D eigenvalue weighted by Crippen LogP contribution is -2.26. The standard InChI is InChI=1S/C16H20ClN3/c1-3-10-20(11-4-2)15-12-14(17)18-16(19-15)13-8-6-5-7-9-13/h5-9,12H,3-4,10-11H2,1-2H3. The molecule has 0 radical (unpaired) electrons. The quantitative estimate of drug-likeness (QED) is 0.737. The topological polar surface area (TPSA) is 29.0 Å². The molecule has 0 amide bonds. The summed E-state index contributed by atoms with van der Waals surface area (Å²) in [6.45, 7) is 6.30. The highest BCUT2D eigenvalue weighted by atomic mass is 35.5. The molecule has 1 aromatic heterocycles. The van der Waals surface area contributed by atoms with E-state index in [0.717, 1.165) is 37.3 Å². The van der Waals surface area contributed by atoms with Crippen LogP contribution in [0.5, 0.6) is 0 Å². The number of hydrogen-bond acceptors (Lipinski definition) is 3. The molecule has 0 spiro atoms. The molecule has 1 aromatic carbocycles. The van der Waals surface area contributed by atoms with Gasteiger partial charge in [-0.2, -0.15) is 0 Å². The van der Waals surface area contributed by atoms with E-state index >= 15 is 0 Å². The third kappa shape index (κ3) is 3.70. The predicted octanol–water partition coefficient (Wildman–Crippen LogP) is 4.42. The van der Waals surface area contributed by atoms with E-state index in [1.54, 1.807) is 0 Å². The van der Waals surface area contributed by atoms with Gasteiger partial charge in [-0.05, 0) is 12.8 Å². The molecule has 3 nitrogen and oxygen atoms in total. The summed E-state index contributed by atoms with van der Waals surface area (Å²) in [6.07, 6.45) is 2.17. The van der Waals surface area contributed by atoms with Gasteiger partial charge in [0, 0.05) is 24.7 Å². The second-order valence-corrected chi connectivity index (χ2v) is 5.11. The normalized spacial score (nSPS) is 10.6. The van der Waals surface area contributed by atoms with E-state index in [2.05, 4.69) is 28.7 Å². The predicted molar refractivity (Wildman–Crippen MR) is 85.3 cm³/mol. The zero-order chi connectivity index (χ0) is 14.4. The molecule has 106 valence electrons. The van der Waals surface area contributed by atoms with Crippen LogP contribution >= 0.6 is 11.6 Å². The summed E-state index contributed by atoms with van der Waals surface area (Å²) >= 11 is 6.17. The highest BCUT2D eigenvalue weighted by Crippen LogP contribution is 2.22. The molecule has 0 saturated heterocycles. The molecule has 0 aliphatic heterocycles. The monoisotopic (exact) mass is 289 g/mol. The van der Waals surface area contributed by atoms with Crippen molar-refractivity contribution in [1.29, 1.82) is 0 Å². The summed E-state index contributed by atoms with van der Waals surface area (Å²) in [5.74, 6) is 1.60. The van der Waals surface area contributed by atoms with Crippen LogP contribution in [0.2, 0.25) is 5.15 Å². The molecule has 20 heavy (non-hydrogen) atoms. The van der Waals surface area contributed by atoms with Gasteiger partial charge in [-0.1, -0.05) is 55.8 Å². The van der Waals surface area contributed by atoms with Gasteiger partial charge in [-0.25, -0.2) is 9.97 Å². The van der Waals surface area contributed by atoms with Crippen molar-refractivity contribution in [3.8, 4) is 11.4 Å². The Bertz CT molecular complexity index is 537. The fraction of sp³-hybridized carbons (Fsp3) is 0.375. The Hall–Kier alpha value is -1.61. The van der Waals surface area contributed by atoms with Crippen LogP contribution in [0.25, 0.3) is 11.4 Å². The van der Waals surface area contributed by atoms with Gasteiger partial charge in [0.05, 0.1) is 0 Å². The van der Waals surface area contributed by atoms with Crippen molar-refractivity contribution >= 4 is 17.4 Å². The van der Waals surface area contributed by atoms with Gasteiger partial charge in [-0.15, -0.1) is 0 Å². The third-order valence-electron chi connectivity index (χ3n) is 3.02. The van der Waals surface area contributed by atoms with Gasteiger partial charge in [-0.3, -0.25) is 0 Å². The molecule has 0 aliphatic carbocycles. The summed E-state index contributed by atoms with van der Waals surface area (Å²) in [5, 5.41) is 0.492. The minimum Gasteiger partial charge on any atom is -0.356 e. The lowest BCUT2D eigenvalue weighted by atomic mass is 10.2. The first-order valence-corrected chi connectivity index (χ1v) is 7.47. The number of nitrogens with zero attached hydrogens (tertiary/aromatic N) is 3. The molecule has 0 atom stereocenters. The van der Waals surface area contributed by atoms with E-state index in [9.17, 15) is 0 Å². The van der Waals surface area contributed by atoms with E-state index in [-0.39, 0.29) is 0 Å². The molecular formula is C16H20ClN3. The van der Waals surface area contributed by atoms with Crippen molar-refractivity contribution < 1.29 is 0 Å². The van der Waals surface area contributed by atoms with Crippen LogP contribution in [0.1, 0.15) is 26.7 Å². The summed E-state index contributed by atoms with van der Waals surface area (Å²) in [4.78, 5) is 11.3. The molecule has 0 unspecified atom stereocenters. The minimum absolute atomic E-state index is 0.492. The van der Waals surface area contributed by atoms with Gasteiger partial charge >= 0.3 is 0 Å². The van der Waals surface area contributed by atoms with Crippen LogP contribution in [0, 0.1) is 0 Å². The van der Waals surface area contributed by atoms with Crippen LogP contribution in [-0.2, 0) is 0 Å². The maximum Gasteiger partial charge on any atom is 0.163 e. The maximum absolute atomic E-state index is 6.17. The van der Waals surface area contributed by atoms with Gasteiger partial charge in [0.2, 0.25) is 0 Å². The molecule has 0 aliphatic rings. The van der Waals surface area contributed by atoms with Crippen molar-refractivity contribution in [2.24, 2.45) is 0 Å². The Morgan fingerprint density at radius 2 is 1.65 bits per heavy atom. The second-order valence-electron chi connectivity index (χ2n) is 4.73. The van der Waals surface area contributed by atoms with Crippen molar-refractivity contribution in [3.63, 3.8) is 0 Å². The van der Waals surface area contributed by atoms with Gasteiger partial charge in [0.15, 0.2) is 5.82 Å². The van der Waals surface area contributed by atoms with Crippen molar-refractivity contribution in [2.75, 3.05) is 18.0 Å². The number of aromatic nitrogens is 2. The zero-order valence-corrected chi connectivity index (χ0v) is 12.8. The van der Waals surface area contributed by atoms with Crippen LogP contribution in [0.15, 0.2) is 36.4 Å². The zero-order valence-electron chi connectivity index (χ0n) is 12.0. The molecule has 0 bridgehead atoms. The van der Waals surface area contributed by atoms with E-state index in [0.29, 0.717) is 11.0 Å². The molecule has 2 aromatic rings. The average molecular weight is 290 g/mol. The number of benzene rings is 1. The second kappa shape index (κ2) is 7.25. The first-order chi connectivity index (χ1) is 9.74. The van der Waals surface area contributed by atoms with Gasteiger partial charge in [0.25, 0.3) is 0 Å². The number of halogens is 1. The third-order valence-corrected chi connectivity index (χ3v) is 3.22. The van der Waals surface area contributed by atoms with Crippen molar-refractivity contribution in [3.05, 3.63) is 41.6 Å². The van der Waals surface area contributed by atoms with Crippen LogP contribution in [0.3, 0.4) is 0 Å². The Morgan fingerprint density at radius 3 is 2.25 bits per heavy atom. The summed E-state index contributed by atoms with van der Waals surface area (Å²) in [5.41, 5.74) is 0.990. The number of anilines is 1. The Morgan fingerprint density at radius 1 is 1.00 bits per heavy atom. The van der Waals surface area contributed by atoms with Crippen molar-refractivity contribution in [1.82, 2.24) is 9.97 Å². The van der Waals surface area contributed by atoms with Crippen LogP contribution in [-0.4, -0.2) is 23.1 Å². The van der Waals surface area contributed by atoms with E-state index < -0.39 is 0 Å². The Labute approximate surface area is 125 Å². The van der Waals surface area contributed by atoms with Gasteiger partial charge < -0.3 is 4.90 Å². The first-order valence-electron chi connectivity index (χ1n) is 7.09. The average Bonchev–Trinajstić information content (AvgIpc) is 2.47. The fourth-order valence-electron chi connectivity index (χ4n) is 2.16. The summed E-state index contributed by atoms with van der Waals surface area (Å²) in [7, 11) is 0. The number of rotatable bonds is 6. The van der Waals surface area contributed by atoms with E-state index in [4.69, 9.17) is 11.6 Å². The minimum atomic E-state index is 0.492. The van der Waals surface area contributed by atoms with E-state index in [1.807, 2.05) is 36.4 Å². The Balaban J connectivity index is 2.37. The summed E-state index contributed by atoms with van der Waals surface area (Å²) < 4.78 is 0. The summed E-state index contributed by atoms with van der Waals surface area (Å²) in [6, 6.07) is 11.8. The molecule has 0 saturated carbocycles. The smallest absolute Gasteiger partial charge is 0.163 e. The van der Waals surface area contributed by atoms with E-state index in [1.165, 1.54) is 0 Å². The van der Waals surface area contributed by atoms with Crippen molar-refractivity contribution in [2.45, 2.75) is 26.7 Å². The maximum atomic E-state index is 6.17. The highest BCUT2D eigenvalue weighted by molar-refractivity contribution is 6.29.